The van der Waals surface area contributed by atoms with Crippen LogP contribution in [-0.4, -0.2) is 4.98 Å². The maximum absolute atomic E-state index is 12.6. The van der Waals surface area contributed by atoms with Crippen molar-refractivity contribution in [3.8, 4) is 0 Å². The molecule has 1 rings (SSSR count). The number of nitrogens with one attached hydrogen (secondary N) is 1. The highest BCUT2D eigenvalue weighted by Gasteiger charge is 2.12. The maximum Gasteiger partial charge on any atom is 0.278 e. The Morgan fingerprint density at radius 2 is 2.08 bits per heavy atom. The Morgan fingerprint density at radius 3 is 2.50 bits per heavy atom. The standard InChI is InChI=1S/C6H3BrF3NO/c7-4-3(12)1-2(5(8)9)11-6(4)10/h1,5H,(H,11,12). The van der Waals surface area contributed by atoms with Gasteiger partial charge in [0.25, 0.3) is 6.43 Å². The van der Waals surface area contributed by atoms with Crippen molar-refractivity contribution in [3.05, 3.63) is 32.4 Å². The van der Waals surface area contributed by atoms with Crippen LogP contribution in [0.4, 0.5) is 13.2 Å². The SMILES string of the molecule is O=c1cc(C(F)F)[nH]c(F)c1Br. The van der Waals surface area contributed by atoms with E-state index in [-0.39, 0.29) is 4.47 Å². The van der Waals surface area contributed by atoms with Crippen LogP contribution in [0.25, 0.3) is 0 Å². The molecule has 1 aromatic heterocycles. The summed E-state index contributed by atoms with van der Waals surface area (Å²) in [6.45, 7) is 0. The molecule has 66 valence electrons. The third kappa shape index (κ3) is 1.69. The number of rotatable bonds is 1. The second-order valence-electron chi connectivity index (χ2n) is 2.02. The van der Waals surface area contributed by atoms with E-state index in [1.807, 2.05) is 0 Å². The number of halogens is 4. The molecule has 1 heterocycles. The fourth-order valence-corrected chi connectivity index (χ4v) is 0.862. The van der Waals surface area contributed by atoms with E-state index >= 15 is 0 Å². The summed E-state index contributed by atoms with van der Waals surface area (Å²) >= 11 is 2.60. The van der Waals surface area contributed by atoms with Gasteiger partial charge >= 0.3 is 0 Å². The van der Waals surface area contributed by atoms with Gasteiger partial charge in [0.1, 0.15) is 4.47 Å². The van der Waals surface area contributed by atoms with Crippen LogP contribution in [0.5, 0.6) is 0 Å². The summed E-state index contributed by atoms with van der Waals surface area (Å²) in [4.78, 5) is 12.5. The second-order valence-corrected chi connectivity index (χ2v) is 2.81. The summed E-state index contributed by atoms with van der Waals surface area (Å²) < 4.78 is 36.0. The highest BCUT2D eigenvalue weighted by Crippen LogP contribution is 2.16. The number of alkyl halides is 2. The van der Waals surface area contributed by atoms with E-state index < -0.39 is 23.5 Å². The summed E-state index contributed by atoms with van der Waals surface area (Å²) in [6.07, 6.45) is -2.87. The molecule has 1 N–H and O–H groups in total. The zero-order valence-electron chi connectivity index (χ0n) is 5.57. The normalized spacial score (nSPS) is 10.8. The van der Waals surface area contributed by atoms with Crippen LogP contribution in [0.2, 0.25) is 0 Å². The van der Waals surface area contributed by atoms with Gasteiger partial charge < -0.3 is 4.98 Å². The molecule has 0 fully saturated rings. The average Bonchev–Trinajstić information content (AvgIpc) is 1.99. The van der Waals surface area contributed by atoms with Gasteiger partial charge in [-0.3, -0.25) is 4.79 Å². The van der Waals surface area contributed by atoms with Crippen molar-refractivity contribution in [1.82, 2.24) is 4.98 Å². The van der Waals surface area contributed by atoms with Crippen molar-refractivity contribution >= 4 is 15.9 Å². The summed E-state index contributed by atoms with van der Waals surface area (Å²) in [6, 6.07) is 0.651. The molecule has 12 heavy (non-hydrogen) atoms. The third-order valence-corrected chi connectivity index (χ3v) is 1.92. The Morgan fingerprint density at radius 1 is 1.50 bits per heavy atom. The van der Waals surface area contributed by atoms with Gasteiger partial charge in [-0.2, -0.15) is 4.39 Å². The molecule has 1 aromatic rings. The molecule has 0 bridgehead atoms. The highest BCUT2D eigenvalue weighted by molar-refractivity contribution is 9.10. The van der Waals surface area contributed by atoms with E-state index in [9.17, 15) is 18.0 Å². The quantitative estimate of drug-likeness (QED) is 0.752. The van der Waals surface area contributed by atoms with Gasteiger partial charge in [-0.25, -0.2) is 8.78 Å². The minimum Gasteiger partial charge on any atom is -0.329 e. The second kappa shape index (κ2) is 3.30. The van der Waals surface area contributed by atoms with Crippen LogP contribution < -0.4 is 5.43 Å². The molecule has 6 heteroatoms. The van der Waals surface area contributed by atoms with Crippen molar-refractivity contribution in [2.24, 2.45) is 0 Å². The Hall–Kier alpha value is -0.780. The van der Waals surface area contributed by atoms with Crippen molar-refractivity contribution in [3.63, 3.8) is 0 Å². The van der Waals surface area contributed by atoms with E-state index in [2.05, 4.69) is 15.9 Å². The lowest BCUT2D eigenvalue weighted by Crippen LogP contribution is -2.08. The van der Waals surface area contributed by atoms with Gasteiger partial charge in [-0.15, -0.1) is 0 Å². The van der Waals surface area contributed by atoms with Crippen molar-refractivity contribution in [2.45, 2.75) is 6.43 Å². The Kier molecular flexibility index (Phi) is 2.56. The third-order valence-electron chi connectivity index (χ3n) is 1.18. The monoisotopic (exact) mass is 241 g/mol. The van der Waals surface area contributed by atoms with E-state index in [1.54, 1.807) is 4.98 Å². The first-order valence-corrected chi connectivity index (χ1v) is 3.68. The predicted octanol–water partition coefficient (Wildman–Crippen LogP) is 2.21. The number of H-pyrrole nitrogens is 1. The molecule has 0 aliphatic heterocycles. The summed E-state index contributed by atoms with van der Waals surface area (Å²) in [5, 5.41) is 0. The van der Waals surface area contributed by atoms with Crippen molar-refractivity contribution in [2.75, 3.05) is 0 Å². The number of hydrogen-bond acceptors (Lipinski definition) is 1. The molecule has 0 unspecified atom stereocenters. The zero-order chi connectivity index (χ0) is 9.30. The highest BCUT2D eigenvalue weighted by atomic mass is 79.9. The summed E-state index contributed by atoms with van der Waals surface area (Å²) in [5.74, 6) is -1.09. The number of pyridine rings is 1. The number of aromatic amines is 1. The lowest BCUT2D eigenvalue weighted by atomic mass is 10.3. The first-order chi connectivity index (χ1) is 5.52. The van der Waals surface area contributed by atoms with Crippen LogP contribution in [0.3, 0.4) is 0 Å². The summed E-state index contributed by atoms with van der Waals surface area (Å²) in [7, 11) is 0. The van der Waals surface area contributed by atoms with Gasteiger partial charge in [0.15, 0.2) is 5.43 Å². The average molecular weight is 242 g/mol. The molecular formula is C6H3BrF3NO. The molecule has 0 radical (unpaired) electrons. The fraction of sp³-hybridized carbons (Fsp3) is 0.167. The minimum absolute atomic E-state index is 0.369. The van der Waals surface area contributed by atoms with Gasteiger partial charge in [-0.1, -0.05) is 0 Å². The van der Waals surface area contributed by atoms with Crippen LogP contribution in [0.1, 0.15) is 12.1 Å². The van der Waals surface area contributed by atoms with Crippen LogP contribution >= 0.6 is 15.9 Å². The smallest absolute Gasteiger partial charge is 0.278 e. The topological polar surface area (TPSA) is 32.9 Å². The summed E-state index contributed by atoms with van der Waals surface area (Å²) in [5.41, 5.74) is -1.53. The molecule has 0 aliphatic rings. The zero-order valence-corrected chi connectivity index (χ0v) is 7.16. The minimum atomic E-state index is -2.87. The molecule has 2 nitrogen and oxygen atoms in total. The van der Waals surface area contributed by atoms with E-state index in [0.717, 1.165) is 0 Å². The molecule has 0 amide bonds. The first kappa shape index (κ1) is 9.31. The largest absolute Gasteiger partial charge is 0.329 e. The number of aromatic nitrogens is 1. The fourth-order valence-electron chi connectivity index (χ4n) is 0.648. The van der Waals surface area contributed by atoms with E-state index in [0.29, 0.717) is 6.07 Å². The van der Waals surface area contributed by atoms with Gasteiger partial charge in [0.05, 0.1) is 5.69 Å². The lowest BCUT2D eigenvalue weighted by molar-refractivity contribution is 0.144. The Labute approximate surface area is 73.5 Å². The van der Waals surface area contributed by atoms with Crippen LogP contribution in [-0.2, 0) is 0 Å². The molecule has 0 saturated carbocycles. The van der Waals surface area contributed by atoms with Crippen molar-refractivity contribution in [1.29, 1.82) is 0 Å². The van der Waals surface area contributed by atoms with E-state index in [1.165, 1.54) is 0 Å². The molecule has 0 aliphatic carbocycles. The predicted molar refractivity (Wildman–Crippen MR) is 39.7 cm³/mol. The Bertz CT molecular complexity index is 349. The molecule has 0 atom stereocenters. The van der Waals surface area contributed by atoms with Gasteiger partial charge in [-0.05, 0) is 15.9 Å². The Balaban J connectivity index is 3.31. The van der Waals surface area contributed by atoms with Crippen LogP contribution in [0.15, 0.2) is 15.3 Å². The molecule has 0 spiro atoms. The molecular weight excluding hydrogens is 239 g/mol. The maximum atomic E-state index is 12.6. The van der Waals surface area contributed by atoms with Crippen molar-refractivity contribution < 1.29 is 13.2 Å². The first-order valence-electron chi connectivity index (χ1n) is 2.88. The lowest BCUT2D eigenvalue weighted by Gasteiger charge is -1.99. The van der Waals surface area contributed by atoms with E-state index in [4.69, 9.17) is 0 Å². The number of hydrogen-bond donors (Lipinski definition) is 1. The van der Waals surface area contributed by atoms with Gasteiger partial charge in [0, 0.05) is 6.07 Å². The molecule has 0 saturated heterocycles. The van der Waals surface area contributed by atoms with Crippen LogP contribution in [0, 0.1) is 5.95 Å². The molecule has 0 aromatic carbocycles. The van der Waals surface area contributed by atoms with Gasteiger partial charge in [0.2, 0.25) is 5.95 Å².